The van der Waals surface area contributed by atoms with Crippen LogP contribution in [0.3, 0.4) is 0 Å². The Labute approximate surface area is 189 Å². The SMILES string of the molecule is CC(C)COC(=O)COC1CCC(Oc2ccc(C(=O)OCc3ccccc3)cc2)CC1. The molecule has 6 heteroatoms. The van der Waals surface area contributed by atoms with Crippen LogP contribution in [-0.4, -0.2) is 37.4 Å². The van der Waals surface area contributed by atoms with Crippen molar-refractivity contribution in [3.63, 3.8) is 0 Å². The molecule has 0 N–H and O–H groups in total. The fraction of sp³-hybridized carbons (Fsp3) is 0.462. The smallest absolute Gasteiger partial charge is 0.338 e. The summed E-state index contributed by atoms with van der Waals surface area (Å²) in [5.41, 5.74) is 1.45. The van der Waals surface area contributed by atoms with Gasteiger partial charge >= 0.3 is 11.9 Å². The molecule has 32 heavy (non-hydrogen) atoms. The van der Waals surface area contributed by atoms with Crippen molar-refractivity contribution in [3.05, 3.63) is 65.7 Å². The first-order valence-electron chi connectivity index (χ1n) is 11.2. The number of rotatable bonds is 10. The summed E-state index contributed by atoms with van der Waals surface area (Å²) in [6.07, 6.45) is 3.54. The second kappa shape index (κ2) is 12.2. The van der Waals surface area contributed by atoms with Gasteiger partial charge in [0.15, 0.2) is 0 Å². The Kier molecular flexibility index (Phi) is 9.11. The lowest BCUT2D eigenvalue weighted by Crippen LogP contribution is -2.30. The molecule has 1 saturated carbocycles. The average Bonchev–Trinajstić information content (AvgIpc) is 2.82. The van der Waals surface area contributed by atoms with Crippen LogP contribution in [-0.2, 0) is 25.6 Å². The van der Waals surface area contributed by atoms with Gasteiger partial charge in [0.05, 0.1) is 24.4 Å². The van der Waals surface area contributed by atoms with Crippen molar-refractivity contribution in [1.82, 2.24) is 0 Å². The molecule has 0 unspecified atom stereocenters. The maximum atomic E-state index is 12.2. The molecule has 0 spiro atoms. The molecule has 0 amide bonds. The number of carbonyl (C=O) groups is 2. The summed E-state index contributed by atoms with van der Waals surface area (Å²) in [6, 6.07) is 16.6. The molecule has 1 aliphatic rings. The van der Waals surface area contributed by atoms with Crippen molar-refractivity contribution in [2.45, 2.75) is 58.3 Å². The predicted octanol–water partition coefficient (Wildman–Crippen LogP) is 4.95. The van der Waals surface area contributed by atoms with Crippen LogP contribution < -0.4 is 4.74 Å². The van der Waals surface area contributed by atoms with Gasteiger partial charge in [0.2, 0.25) is 0 Å². The summed E-state index contributed by atoms with van der Waals surface area (Å²) in [7, 11) is 0. The van der Waals surface area contributed by atoms with Gasteiger partial charge in [-0.1, -0.05) is 44.2 Å². The Bertz CT molecular complexity index is 838. The van der Waals surface area contributed by atoms with E-state index in [-0.39, 0.29) is 37.4 Å². The van der Waals surface area contributed by atoms with E-state index in [0.29, 0.717) is 18.1 Å². The first-order chi connectivity index (χ1) is 15.5. The van der Waals surface area contributed by atoms with Gasteiger partial charge in [0.1, 0.15) is 19.0 Å². The fourth-order valence-electron chi connectivity index (χ4n) is 3.47. The van der Waals surface area contributed by atoms with Crippen LogP contribution in [0.15, 0.2) is 54.6 Å². The van der Waals surface area contributed by atoms with E-state index >= 15 is 0 Å². The second-order valence-electron chi connectivity index (χ2n) is 8.49. The van der Waals surface area contributed by atoms with E-state index in [2.05, 4.69) is 0 Å². The number of esters is 2. The van der Waals surface area contributed by atoms with E-state index in [0.717, 1.165) is 37.0 Å². The normalized spacial score (nSPS) is 18.2. The zero-order chi connectivity index (χ0) is 22.8. The van der Waals surface area contributed by atoms with Crippen LogP contribution in [0.4, 0.5) is 0 Å². The van der Waals surface area contributed by atoms with Crippen molar-refractivity contribution in [2.24, 2.45) is 5.92 Å². The Hall–Kier alpha value is -2.86. The highest BCUT2D eigenvalue weighted by molar-refractivity contribution is 5.89. The van der Waals surface area contributed by atoms with Gasteiger partial charge in [-0.25, -0.2) is 9.59 Å². The molecular weight excluding hydrogens is 408 g/mol. The molecule has 0 atom stereocenters. The zero-order valence-electron chi connectivity index (χ0n) is 18.8. The topological polar surface area (TPSA) is 71.1 Å². The van der Waals surface area contributed by atoms with E-state index in [1.54, 1.807) is 24.3 Å². The highest BCUT2D eigenvalue weighted by Crippen LogP contribution is 2.26. The van der Waals surface area contributed by atoms with Crippen molar-refractivity contribution >= 4 is 11.9 Å². The number of hydrogen-bond donors (Lipinski definition) is 0. The summed E-state index contributed by atoms with van der Waals surface area (Å²) in [6.45, 7) is 4.68. The standard InChI is InChI=1S/C26H32O6/c1-19(2)16-30-25(27)18-29-22-12-14-24(15-13-22)32-23-10-8-21(9-11-23)26(28)31-17-20-6-4-3-5-7-20/h3-11,19,22,24H,12-18H2,1-2H3. The summed E-state index contributed by atoms with van der Waals surface area (Å²) in [5.74, 6) is 0.385. The van der Waals surface area contributed by atoms with Crippen molar-refractivity contribution < 1.29 is 28.5 Å². The van der Waals surface area contributed by atoms with Gasteiger partial charge < -0.3 is 18.9 Å². The van der Waals surface area contributed by atoms with Crippen molar-refractivity contribution in [3.8, 4) is 5.75 Å². The van der Waals surface area contributed by atoms with Crippen LogP contribution in [0.1, 0.15) is 55.5 Å². The van der Waals surface area contributed by atoms with Gasteiger partial charge in [-0.05, 0) is 61.4 Å². The van der Waals surface area contributed by atoms with Crippen LogP contribution in [0.5, 0.6) is 5.75 Å². The molecule has 0 radical (unpaired) electrons. The van der Waals surface area contributed by atoms with E-state index < -0.39 is 0 Å². The number of benzene rings is 2. The van der Waals surface area contributed by atoms with E-state index in [1.807, 2.05) is 44.2 Å². The molecule has 172 valence electrons. The first kappa shape index (κ1) is 23.8. The van der Waals surface area contributed by atoms with Crippen molar-refractivity contribution in [1.29, 1.82) is 0 Å². The Morgan fingerprint density at radius 2 is 1.53 bits per heavy atom. The Balaban J connectivity index is 1.36. The summed E-state index contributed by atoms with van der Waals surface area (Å²) >= 11 is 0. The lowest BCUT2D eigenvalue weighted by atomic mass is 9.95. The number of ether oxygens (including phenoxy) is 4. The summed E-state index contributed by atoms with van der Waals surface area (Å²) in [4.78, 5) is 23.9. The minimum absolute atomic E-state index is 0.00471. The molecule has 2 aromatic rings. The lowest BCUT2D eigenvalue weighted by Gasteiger charge is -2.28. The molecular formula is C26H32O6. The maximum Gasteiger partial charge on any atom is 0.338 e. The Morgan fingerprint density at radius 1 is 0.875 bits per heavy atom. The highest BCUT2D eigenvalue weighted by Gasteiger charge is 2.24. The maximum absolute atomic E-state index is 12.2. The monoisotopic (exact) mass is 440 g/mol. The van der Waals surface area contributed by atoms with E-state index in [9.17, 15) is 9.59 Å². The highest BCUT2D eigenvalue weighted by atomic mass is 16.6. The third-order valence-corrected chi connectivity index (χ3v) is 5.24. The third kappa shape index (κ3) is 8.00. The van der Waals surface area contributed by atoms with Crippen LogP contribution in [0, 0.1) is 5.92 Å². The molecule has 3 rings (SSSR count). The van der Waals surface area contributed by atoms with Crippen molar-refractivity contribution in [2.75, 3.05) is 13.2 Å². The van der Waals surface area contributed by atoms with Gasteiger partial charge in [-0.15, -0.1) is 0 Å². The average molecular weight is 441 g/mol. The van der Waals surface area contributed by atoms with Gasteiger partial charge in [-0.2, -0.15) is 0 Å². The molecule has 0 aromatic heterocycles. The largest absolute Gasteiger partial charge is 0.490 e. The molecule has 1 fully saturated rings. The molecule has 2 aromatic carbocycles. The number of hydrogen-bond acceptors (Lipinski definition) is 6. The summed E-state index contributed by atoms with van der Waals surface area (Å²) < 4.78 is 22.2. The fourth-order valence-corrected chi connectivity index (χ4v) is 3.47. The molecule has 1 aliphatic carbocycles. The van der Waals surface area contributed by atoms with Gasteiger partial charge in [-0.3, -0.25) is 0 Å². The zero-order valence-corrected chi connectivity index (χ0v) is 18.8. The Morgan fingerprint density at radius 3 is 2.19 bits per heavy atom. The summed E-state index contributed by atoms with van der Waals surface area (Å²) in [5, 5.41) is 0. The van der Waals surface area contributed by atoms with Gasteiger partial charge in [0.25, 0.3) is 0 Å². The van der Waals surface area contributed by atoms with E-state index in [1.165, 1.54) is 0 Å². The quantitative estimate of drug-likeness (QED) is 0.487. The molecule has 0 saturated heterocycles. The first-order valence-corrected chi connectivity index (χ1v) is 11.2. The van der Waals surface area contributed by atoms with E-state index in [4.69, 9.17) is 18.9 Å². The third-order valence-electron chi connectivity index (χ3n) is 5.24. The minimum atomic E-state index is -0.356. The molecule has 0 bridgehead atoms. The minimum Gasteiger partial charge on any atom is -0.490 e. The van der Waals surface area contributed by atoms with Gasteiger partial charge in [0, 0.05) is 0 Å². The van der Waals surface area contributed by atoms with Crippen LogP contribution in [0.25, 0.3) is 0 Å². The number of carbonyl (C=O) groups excluding carboxylic acids is 2. The molecule has 0 aliphatic heterocycles. The van der Waals surface area contributed by atoms with Crippen LogP contribution in [0.2, 0.25) is 0 Å². The second-order valence-corrected chi connectivity index (χ2v) is 8.49. The lowest BCUT2D eigenvalue weighted by molar-refractivity contribution is -0.153. The molecule has 0 heterocycles. The van der Waals surface area contributed by atoms with Crippen LogP contribution >= 0.6 is 0 Å². The predicted molar refractivity (Wildman–Crippen MR) is 120 cm³/mol. The molecule has 6 nitrogen and oxygen atoms in total.